The largest absolute Gasteiger partial charge is 0.506 e. The summed E-state index contributed by atoms with van der Waals surface area (Å²) < 4.78 is 0.922. The van der Waals surface area contributed by atoms with Crippen LogP contribution in [0.4, 0.5) is 0 Å². The molecule has 0 aliphatic rings. The summed E-state index contributed by atoms with van der Waals surface area (Å²) in [4.78, 5) is 0.939. The van der Waals surface area contributed by atoms with Gasteiger partial charge in [0.2, 0.25) is 0 Å². The first-order valence-corrected chi connectivity index (χ1v) is 4.91. The Balaban J connectivity index is 2.92. The fraction of sp³-hybridized carbons (Fsp3) is 0.111. The quantitative estimate of drug-likeness (QED) is 0.620. The number of fused-ring (bicyclic) bond motifs is 1. The van der Waals surface area contributed by atoms with Crippen molar-refractivity contribution in [3.8, 4) is 5.75 Å². The number of thiophene rings is 1. The van der Waals surface area contributed by atoms with E-state index in [1.54, 1.807) is 6.07 Å². The lowest BCUT2D eigenvalue weighted by molar-refractivity contribution is 0.482. The Morgan fingerprint density at radius 1 is 1.42 bits per heavy atom. The van der Waals surface area contributed by atoms with Crippen molar-refractivity contribution in [1.82, 2.24) is 0 Å². The Kier molecular flexibility index (Phi) is 1.77. The molecule has 1 aromatic heterocycles. The highest BCUT2D eigenvalue weighted by Crippen LogP contribution is 2.35. The second-order valence-electron chi connectivity index (χ2n) is 2.78. The van der Waals surface area contributed by atoms with Crippen molar-refractivity contribution >= 4 is 34.1 Å². The first-order valence-electron chi connectivity index (χ1n) is 3.58. The number of phenolic OH excluding ortho intramolecular Hbond substituents is 1. The molecule has 1 N–H and O–H groups in total. The molecule has 0 fully saturated rings. The van der Waals surface area contributed by atoms with Crippen molar-refractivity contribution in [2.75, 3.05) is 0 Å². The van der Waals surface area contributed by atoms with E-state index in [2.05, 4.69) is 12.6 Å². The molecule has 1 heterocycles. The molecule has 1 aromatic carbocycles. The highest BCUT2D eigenvalue weighted by atomic mass is 32.1. The van der Waals surface area contributed by atoms with Gasteiger partial charge in [0.15, 0.2) is 0 Å². The minimum absolute atomic E-state index is 0.357. The van der Waals surface area contributed by atoms with Crippen molar-refractivity contribution in [3.05, 3.63) is 23.1 Å². The fourth-order valence-electron chi connectivity index (χ4n) is 1.25. The van der Waals surface area contributed by atoms with Crippen molar-refractivity contribution < 1.29 is 5.11 Å². The molecule has 3 heteroatoms. The van der Waals surface area contributed by atoms with E-state index < -0.39 is 0 Å². The van der Waals surface area contributed by atoms with E-state index in [-0.39, 0.29) is 0 Å². The van der Waals surface area contributed by atoms with E-state index in [0.717, 1.165) is 20.5 Å². The zero-order valence-corrected chi connectivity index (χ0v) is 8.25. The van der Waals surface area contributed by atoms with Gasteiger partial charge >= 0.3 is 0 Å². The predicted octanol–water partition coefficient (Wildman–Crippen LogP) is 3.20. The first kappa shape index (κ1) is 7.95. The van der Waals surface area contributed by atoms with E-state index in [1.807, 2.05) is 18.4 Å². The van der Waals surface area contributed by atoms with Crippen LogP contribution in [0, 0.1) is 6.92 Å². The third kappa shape index (κ3) is 1.09. The number of aromatic hydroxyl groups is 1. The Morgan fingerprint density at radius 2 is 2.17 bits per heavy atom. The average molecular weight is 196 g/mol. The summed E-state index contributed by atoms with van der Waals surface area (Å²) in [6.45, 7) is 1.96. The zero-order valence-electron chi connectivity index (χ0n) is 6.53. The lowest BCUT2D eigenvalue weighted by Gasteiger charge is -1.97. The molecular formula is C9H8OS2. The van der Waals surface area contributed by atoms with E-state index in [9.17, 15) is 5.11 Å². The molecule has 0 aliphatic carbocycles. The number of rotatable bonds is 0. The van der Waals surface area contributed by atoms with Gasteiger partial charge in [0, 0.05) is 15.7 Å². The predicted molar refractivity (Wildman–Crippen MR) is 55.5 cm³/mol. The molecule has 12 heavy (non-hydrogen) atoms. The summed E-state index contributed by atoms with van der Waals surface area (Å²) >= 11 is 5.82. The SMILES string of the molecule is Cc1cc(O)c2scc(S)c2c1. The highest BCUT2D eigenvalue weighted by Gasteiger charge is 2.05. The van der Waals surface area contributed by atoms with Crippen LogP contribution in [-0.2, 0) is 0 Å². The van der Waals surface area contributed by atoms with Crippen LogP contribution in [0.25, 0.3) is 10.1 Å². The molecule has 0 atom stereocenters. The van der Waals surface area contributed by atoms with Gasteiger partial charge < -0.3 is 5.11 Å². The third-order valence-electron chi connectivity index (χ3n) is 1.78. The maximum absolute atomic E-state index is 9.54. The van der Waals surface area contributed by atoms with Crippen LogP contribution in [0.1, 0.15) is 5.56 Å². The lowest BCUT2D eigenvalue weighted by Crippen LogP contribution is -1.72. The maximum Gasteiger partial charge on any atom is 0.133 e. The molecule has 0 radical (unpaired) electrons. The molecule has 2 rings (SSSR count). The summed E-state index contributed by atoms with van der Waals surface area (Å²) in [7, 11) is 0. The van der Waals surface area contributed by atoms with Gasteiger partial charge in [-0.2, -0.15) is 0 Å². The topological polar surface area (TPSA) is 20.2 Å². The van der Waals surface area contributed by atoms with Crippen molar-refractivity contribution in [2.45, 2.75) is 11.8 Å². The monoisotopic (exact) mass is 196 g/mol. The van der Waals surface area contributed by atoms with Gasteiger partial charge in [0.05, 0.1) is 4.70 Å². The molecular weight excluding hydrogens is 188 g/mol. The van der Waals surface area contributed by atoms with Gasteiger partial charge in [0.1, 0.15) is 5.75 Å². The smallest absolute Gasteiger partial charge is 0.133 e. The van der Waals surface area contributed by atoms with Crippen LogP contribution < -0.4 is 0 Å². The lowest BCUT2D eigenvalue weighted by atomic mass is 10.2. The van der Waals surface area contributed by atoms with Gasteiger partial charge in [-0.25, -0.2) is 0 Å². The van der Waals surface area contributed by atoms with Gasteiger partial charge in [-0.1, -0.05) is 0 Å². The minimum Gasteiger partial charge on any atom is -0.506 e. The van der Waals surface area contributed by atoms with E-state index in [4.69, 9.17) is 0 Å². The van der Waals surface area contributed by atoms with Gasteiger partial charge in [0.25, 0.3) is 0 Å². The summed E-state index contributed by atoms with van der Waals surface area (Å²) in [6.07, 6.45) is 0. The summed E-state index contributed by atoms with van der Waals surface area (Å²) in [6, 6.07) is 3.81. The maximum atomic E-state index is 9.54. The molecule has 0 bridgehead atoms. The second kappa shape index (κ2) is 2.68. The van der Waals surface area contributed by atoms with Gasteiger partial charge in [-0.3, -0.25) is 0 Å². The molecule has 0 saturated heterocycles. The fourth-order valence-corrected chi connectivity index (χ4v) is 2.49. The molecule has 2 aromatic rings. The molecule has 1 nitrogen and oxygen atoms in total. The van der Waals surface area contributed by atoms with E-state index >= 15 is 0 Å². The van der Waals surface area contributed by atoms with Crippen molar-refractivity contribution in [3.63, 3.8) is 0 Å². The molecule has 0 unspecified atom stereocenters. The van der Waals surface area contributed by atoms with Gasteiger partial charge in [-0.15, -0.1) is 24.0 Å². The van der Waals surface area contributed by atoms with Crippen LogP contribution in [0.3, 0.4) is 0 Å². The van der Waals surface area contributed by atoms with Crippen LogP contribution in [0.5, 0.6) is 5.75 Å². The van der Waals surface area contributed by atoms with E-state index in [1.165, 1.54) is 11.3 Å². The molecule has 0 spiro atoms. The molecule has 0 amide bonds. The Morgan fingerprint density at radius 3 is 2.92 bits per heavy atom. The molecule has 0 saturated carbocycles. The molecule has 0 aliphatic heterocycles. The zero-order chi connectivity index (χ0) is 8.72. The van der Waals surface area contributed by atoms with Crippen LogP contribution >= 0.6 is 24.0 Å². The first-order chi connectivity index (χ1) is 5.68. The van der Waals surface area contributed by atoms with Crippen LogP contribution in [0.2, 0.25) is 0 Å². The van der Waals surface area contributed by atoms with E-state index in [0.29, 0.717) is 5.75 Å². The average Bonchev–Trinajstić information content (AvgIpc) is 2.33. The summed E-state index contributed by atoms with van der Waals surface area (Å²) in [5.41, 5.74) is 1.06. The Hall–Kier alpha value is -0.670. The van der Waals surface area contributed by atoms with Crippen LogP contribution in [0.15, 0.2) is 22.4 Å². The minimum atomic E-state index is 0.357. The number of aryl methyl sites for hydroxylation is 1. The highest BCUT2D eigenvalue weighted by molar-refractivity contribution is 7.80. The van der Waals surface area contributed by atoms with Crippen molar-refractivity contribution in [2.24, 2.45) is 0 Å². The Labute approximate surface area is 80.1 Å². The van der Waals surface area contributed by atoms with Gasteiger partial charge in [-0.05, 0) is 24.6 Å². The Bertz CT molecular complexity index is 431. The molecule has 62 valence electrons. The number of hydrogen-bond donors (Lipinski definition) is 2. The second-order valence-corrected chi connectivity index (χ2v) is 4.14. The summed E-state index contributed by atoms with van der Waals surface area (Å²) in [5.74, 6) is 0.357. The normalized spacial score (nSPS) is 10.8. The number of benzene rings is 1. The van der Waals surface area contributed by atoms with Crippen molar-refractivity contribution in [1.29, 1.82) is 0 Å². The number of phenols is 1. The standard InChI is InChI=1S/C9H8OS2/c1-5-2-6-8(11)4-12-9(6)7(10)3-5/h2-4,10-11H,1H3. The third-order valence-corrected chi connectivity index (χ3v) is 3.34. The number of thiol groups is 1. The summed E-state index contributed by atoms with van der Waals surface area (Å²) in [5, 5.41) is 12.5. The van der Waals surface area contributed by atoms with Crippen LogP contribution in [-0.4, -0.2) is 5.11 Å². The number of hydrogen-bond acceptors (Lipinski definition) is 3.